The molecule has 0 bridgehead atoms. The van der Waals surface area contributed by atoms with Crippen LogP contribution in [0.1, 0.15) is 26.2 Å². The molecule has 1 aliphatic carbocycles. The van der Waals surface area contributed by atoms with Crippen LogP contribution in [0.25, 0.3) is 0 Å². The van der Waals surface area contributed by atoms with Crippen molar-refractivity contribution in [3.05, 3.63) is 0 Å². The molecule has 0 heterocycles. The fraction of sp³-hybridized carbons (Fsp3) is 0.778. The van der Waals surface area contributed by atoms with Gasteiger partial charge in [0, 0.05) is 5.92 Å². The first-order chi connectivity index (χ1) is 6.16. The van der Waals surface area contributed by atoms with E-state index < -0.39 is 10.8 Å². The fourth-order valence-electron chi connectivity index (χ4n) is 1.23. The topological polar surface area (TPSA) is 43.4 Å². The van der Waals surface area contributed by atoms with Gasteiger partial charge in [-0.2, -0.15) is 0 Å². The summed E-state index contributed by atoms with van der Waals surface area (Å²) in [4.78, 5) is 21.9. The van der Waals surface area contributed by atoms with Crippen molar-refractivity contribution in [2.75, 3.05) is 6.61 Å². The van der Waals surface area contributed by atoms with E-state index in [1.165, 1.54) is 0 Å². The van der Waals surface area contributed by atoms with Gasteiger partial charge in [-0.15, -0.1) is 0 Å². The summed E-state index contributed by atoms with van der Waals surface area (Å²) in [6.45, 7) is 2.05. The van der Waals surface area contributed by atoms with Gasteiger partial charge < -0.3 is 4.74 Å². The smallest absolute Gasteiger partial charge is 0.327 e. The van der Waals surface area contributed by atoms with Crippen LogP contribution in [0.3, 0.4) is 0 Å². The maximum Gasteiger partial charge on any atom is 0.327 e. The number of hydrogen-bond acceptors (Lipinski definition) is 3. The van der Waals surface area contributed by atoms with Crippen molar-refractivity contribution in [1.82, 2.24) is 0 Å². The Morgan fingerprint density at radius 1 is 1.54 bits per heavy atom. The van der Waals surface area contributed by atoms with E-state index in [4.69, 9.17) is 4.74 Å². The number of halogens is 1. The number of ketones is 1. The molecule has 1 aliphatic rings. The molecule has 1 unspecified atom stereocenters. The standard InChI is InChI=1S/C9H13BrO3/c1-2-13-9(12)7(10)8(11)6-4-3-5-6/h6-7H,2-5H2,1H3. The summed E-state index contributed by atoms with van der Waals surface area (Å²) in [6, 6.07) is 0. The summed E-state index contributed by atoms with van der Waals surface area (Å²) in [5.74, 6) is -0.405. The molecule has 0 aromatic carbocycles. The van der Waals surface area contributed by atoms with E-state index in [9.17, 15) is 9.59 Å². The van der Waals surface area contributed by atoms with Crippen molar-refractivity contribution in [1.29, 1.82) is 0 Å². The first-order valence-corrected chi connectivity index (χ1v) is 5.42. The van der Waals surface area contributed by atoms with Crippen molar-refractivity contribution in [3.63, 3.8) is 0 Å². The van der Waals surface area contributed by atoms with E-state index in [2.05, 4.69) is 15.9 Å². The number of carbonyl (C=O) groups excluding carboxylic acids is 2. The second kappa shape index (κ2) is 4.74. The highest BCUT2D eigenvalue weighted by molar-refractivity contribution is 9.10. The Labute approximate surface area is 86.0 Å². The summed E-state index contributed by atoms with van der Waals surface area (Å²) >= 11 is 3.06. The summed E-state index contributed by atoms with van der Waals surface area (Å²) in [6.07, 6.45) is 2.93. The van der Waals surface area contributed by atoms with Crippen LogP contribution < -0.4 is 0 Å². The van der Waals surface area contributed by atoms with Gasteiger partial charge in [0.05, 0.1) is 6.61 Å². The summed E-state index contributed by atoms with van der Waals surface area (Å²) in [5, 5.41) is 0. The Morgan fingerprint density at radius 2 is 2.15 bits per heavy atom. The lowest BCUT2D eigenvalue weighted by Gasteiger charge is -2.25. The van der Waals surface area contributed by atoms with Crippen LogP contribution in [0.4, 0.5) is 0 Å². The lowest BCUT2D eigenvalue weighted by molar-refractivity contribution is -0.145. The third-order valence-electron chi connectivity index (χ3n) is 2.25. The minimum atomic E-state index is -0.752. The second-order valence-electron chi connectivity index (χ2n) is 3.14. The first kappa shape index (κ1) is 10.7. The number of hydrogen-bond donors (Lipinski definition) is 0. The molecule has 3 nitrogen and oxygen atoms in total. The molecular formula is C9H13BrO3. The van der Waals surface area contributed by atoms with Gasteiger partial charge in [0.1, 0.15) is 0 Å². The number of esters is 1. The highest BCUT2D eigenvalue weighted by atomic mass is 79.9. The van der Waals surface area contributed by atoms with Gasteiger partial charge in [0.2, 0.25) is 0 Å². The van der Waals surface area contributed by atoms with Gasteiger partial charge in [-0.05, 0) is 19.8 Å². The van der Waals surface area contributed by atoms with Gasteiger partial charge in [-0.3, -0.25) is 9.59 Å². The highest BCUT2D eigenvalue weighted by Crippen LogP contribution is 2.29. The van der Waals surface area contributed by atoms with Crippen molar-refractivity contribution in [2.24, 2.45) is 5.92 Å². The maximum atomic E-state index is 11.5. The molecule has 4 heteroatoms. The Kier molecular flexibility index (Phi) is 3.90. The van der Waals surface area contributed by atoms with E-state index in [1.54, 1.807) is 6.92 Å². The molecule has 1 rings (SSSR count). The number of alkyl halides is 1. The molecule has 0 saturated heterocycles. The monoisotopic (exact) mass is 248 g/mol. The number of rotatable bonds is 4. The lowest BCUT2D eigenvalue weighted by atomic mass is 9.81. The van der Waals surface area contributed by atoms with Gasteiger partial charge in [-0.25, -0.2) is 0 Å². The van der Waals surface area contributed by atoms with Gasteiger partial charge in [0.25, 0.3) is 0 Å². The molecule has 0 aromatic heterocycles. The molecule has 0 spiro atoms. The largest absolute Gasteiger partial charge is 0.465 e. The Hall–Kier alpha value is -0.380. The van der Waals surface area contributed by atoms with Crippen LogP contribution in [-0.2, 0) is 14.3 Å². The van der Waals surface area contributed by atoms with Crippen LogP contribution in [-0.4, -0.2) is 23.2 Å². The summed E-state index contributed by atoms with van der Waals surface area (Å²) in [7, 11) is 0. The van der Waals surface area contributed by atoms with E-state index >= 15 is 0 Å². The lowest BCUT2D eigenvalue weighted by Crippen LogP contribution is -2.34. The number of carbonyl (C=O) groups is 2. The Morgan fingerprint density at radius 3 is 2.54 bits per heavy atom. The minimum absolute atomic E-state index is 0.0234. The van der Waals surface area contributed by atoms with E-state index in [0.29, 0.717) is 6.61 Å². The molecule has 0 amide bonds. The average Bonchev–Trinajstić information content (AvgIpc) is 2.00. The fourth-order valence-corrected chi connectivity index (χ4v) is 1.74. The predicted octanol–water partition coefficient (Wildman–Crippen LogP) is 1.68. The van der Waals surface area contributed by atoms with Crippen LogP contribution in [0.15, 0.2) is 0 Å². The molecule has 0 radical (unpaired) electrons. The molecular weight excluding hydrogens is 236 g/mol. The third-order valence-corrected chi connectivity index (χ3v) is 3.08. The SMILES string of the molecule is CCOC(=O)C(Br)C(=O)C1CCC1. The quantitative estimate of drug-likeness (QED) is 0.432. The van der Waals surface area contributed by atoms with E-state index in [0.717, 1.165) is 19.3 Å². The maximum absolute atomic E-state index is 11.5. The molecule has 1 atom stereocenters. The average molecular weight is 249 g/mol. The molecule has 74 valence electrons. The number of Topliss-reactive ketones (excluding diaryl/α,β-unsaturated/α-hetero) is 1. The molecule has 0 aliphatic heterocycles. The normalized spacial score (nSPS) is 18.9. The summed E-state index contributed by atoms with van der Waals surface area (Å²) < 4.78 is 4.74. The van der Waals surface area contributed by atoms with Crippen LogP contribution in [0, 0.1) is 5.92 Å². The highest BCUT2D eigenvalue weighted by Gasteiger charge is 2.34. The molecule has 1 fully saturated rings. The molecule has 0 N–H and O–H groups in total. The third kappa shape index (κ3) is 2.53. The summed E-state index contributed by atoms with van der Waals surface area (Å²) in [5.41, 5.74) is 0. The zero-order chi connectivity index (χ0) is 9.84. The van der Waals surface area contributed by atoms with Gasteiger partial charge in [-0.1, -0.05) is 22.4 Å². The van der Waals surface area contributed by atoms with E-state index in [1.807, 2.05) is 0 Å². The van der Waals surface area contributed by atoms with Crippen molar-refractivity contribution in [2.45, 2.75) is 31.0 Å². The first-order valence-electron chi connectivity index (χ1n) is 4.51. The van der Waals surface area contributed by atoms with Gasteiger partial charge in [0.15, 0.2) is 10.6 Å². The van der Waals surface area contributed by atoms with Crippen molar-refractivity contribution < 1.29 is 14.3 Å². The second-order valence-corrected chi connectivity index (χ2v) is 4.06. The minimum Gasteiger partial charge on any atom is -0.465 e. The van der Waals surface area contributed by atoms with Gasteiger partial charge >= 0.3 is 5.97 Å². The predicted molar refractivity (Wildman–Crippen MR) is 51.7 cm³/mol. The molecule has 1 saturated carbocycles. The number of ether oxygens (including phenoxy) is 1. The van der Waals surface area contributed by atoms with Crippen LogP contribution in [0.5, 0.6) is 0 Å². The zero-order valence-electron chi connectivity index (χ0n) is 7.59. The molecule has 13 heavy (non-hydrogen) atoms. The molecule has 0 aromatic rings. The van der Waals surface area contributed by atoms with Crippen molar-refractivity contribution >= 4 is 27.7 Å². The Balaban J connectivity index is 2.40. The van der Waals surface area contributed by atoms with Crippen LogP contribution >= 0.6 is 15.9 Å². The van der Waals surface area contributed by atoms with E-state index in [-0.39, 0.29) is 11.7 Å². The van der Waals surface area contributed by atoms with Crippen LogP contribution in [0.2, 0.25) is 0 Å². The zero-order valence-corrected chi connectivity index (χ0v) is 9.17. The Bertz CT molecular complexity index is 211. The van der Waals surface area contributed by atoms with Crippen molar-refractivity contribution in [3.8, 4) is 0 Å².